The molecule has 22 heavy (non-hydrogen) atoms. The molecule has 3 aromatic rings. The quantitative estimate of drug-likeness (QED) is 0.756. The van der Waals surface area contributed by atoms with Gasteiger partial charge in [-0.3, -0.25) is 0 Å². The lowest BCUT2D eigenvalue weighted by molar-refractivity contribution is 0.0697. The second-order valence-corrected chi connectivity index (χ2v) is 4.84. The lowest BCUT2D eigenvalue weighted by atomic mass is 10.1. The monoisotopic (exact) mass is 297 g/mol. The van der Waals surface area contributed by atoms with Gasteiger partial charge in [0.25, 0.3) is 0 Å². The molecule has 0 saturated heterocycles. The van der Waals surface area contributed by atoms with Crippen LogP contribution in [0.1, 0.15) is 15.9 Å². The average Bonchev–Trinajstić information content (AvgIpc) is 2.95. The van der Waals surface area contributed by atoms with E-state index in [1.165, 1.54) is 0 Å². The number of methoxy groups -OCH3 is 1. The number of nitrogens with one attached hydrogen (secondary N) is 1. The Kier molecular flexibility index (Phi) is 3.70. The minimum absolute atomic E-state index is 0.261. The molecular weight excluding hydrogens is 282 g/mol. The van der Waals surface area contributed by atoms with Gasteiger partial charge < -0.3 is 19.6 Å². The number of benzene rings is 2. The van der Waals surface area contributed by atoms with Gasteiger partial charge in [0.1, 0.15) is 18.1 Å². The summed E-state index contributed by atoms with van der Waals surface area (Å²) >= 11 is 0. The second kappa shape index (κ2) is 5.81. The van der Waals surface area contributed by atoms with Crippen LogP contribution in [0.25, 0.3) is 10.9 Å². The number of fused-ring (bicyclic) bond motifs is 1. The maximum atomic E-state index is 11.0. The van der Waals surface area contributed by atoms with Crippen LogP contribution in [0.4, 0.5) is 0 Å². The summed E-state index contributed by atoms with van der Waals surface area (Å²) in [5.74, 6) is 0.588. The van der Waals surface area contributed by atoms with Crippen LogP contribution >= 0.6 is 0 Å². The van der Waals surface area contributed by atoms with Crippen molar-refractivity contribution in [3.63, 3.8) is 0 Å². The van der Waals surface area contributed by atoms with Crippen LogP contribution in [0, 0.1) is 0 Å². The number of aromatic nitrogens is 1. The fraction of sp³-hybridized carbons (Fsp3) is 0.118. The van der Waals surface area contributed by atoms with Crippen molar-refractivity contribution in [1.82, 2.24) is 4.98 Å². The first-order chi connectivity index (χ1) is 10.7. The van der Waals surface area contributed by atoms with Crippen LogP contribution < -0.4 is 9.47 Å². The minimum atomic E-state index is -0.937. The summed E-state index contributed by atoms with van der Waals surface area (Å²) < 4.78 is 10.8. The summed E-state index contributed by atoms with van der Waals surface area (Å²) in [6.45, 7) is 0.402. The van der Waals surface area contributed by atoms with Gasteiger partial charge in [0.05, 0.1) is 12.7 Å². The average molecular weight is 297 g/mol. The van der Waals surface area contributed by atoms with E-state index in [2.05, 4.69) is 4.98 Å². The minimum Gasteiger partial charge on any atom is -0.497 e. The first-order valence-corrected chi connectivity index (χ1v) is 6.77. The van der Waals surface area contributed by atoms with Gasteiger partial charge in [0.2, 0.25) is 0 Å². The fourth-order valence-corrected chi connectivity index (χ4v) is 2.27. The highest BCUT2D eigenvalue weighted by Gasteiger charge is 2.08. The Hall–Kier alpha value is -2.95. The Labute approximate surface area is 127 Å². The number of carbonyl (C=O) groups is 1. The number of carboxylic acid groups (broad SMARTS) is 1. The van der Waals surface area contributed by atoms with Gasteiger partial charge >= 0.3 is 5.97 Å². The highest BCUT2D eigenvalue weighted by atomic mass is 16.5. The van der Waals surface area contributed by atoms with Crippen molar-refractivity contribution in [2.24, 2.45) is 0 Å². The molecular formula is C17H15NO4. The van der Waals surface area contributed by atoms with E-state index in [1.807, 2.05) is 30.5 Å². The Morgan fingerprint density at radius 1 is 1.14 bits per heavy atom. The van der Waals surface area contributed by atoms with Crippen molar-refractivity contribution in [3.8, 4) is 11.5 Å². The lowest BCUT2D eigenvalue weighted by Crippen LogP contribution is -1.96. The molecule has 0 unspecified atom stereocenters. The molecule has 0 atom stereocenters. The number of hydrogen-bond donors (Lipinski definition) is 2. The van der Waals surface area contributed by atoms with E-state index in [0.717, 1.165) is 28.0 Å². The predicted octanol–water partition coefficient (Wildman–Crippen LogP) is 3.45. The third-order valence-corrected chi connectivity index (χ3v) is 3.47. The third-order valence-electron chi connectivity index (χ3n) is 3.47. The molecule has 0 spiro atoms. The zero-order valence-electron chi connectivity index (χ0n) is 12.0. The van der Waals surface area contributed by atoms with E-state index in [4.69, 9.17) is 14.6 Å². The summed E-state index contributed by atoms with van der Waals surface area (Å²) in [4.78, 5) is 14.0. The van der Waals surface area contributed by atoms with Crippen molar-refractivity contribution in [2.75, 3.05) is 7.11 Å². The summed E-state index contributed by atoms with van der Waals surface area (Å²) in [7, 11) is 1.62. The lowest BCUT2D eigenvalue weighted by Gasteiger charge is -2.06. The fourth-order valence-electron chi connectivity index (χ4n) is 2.27. The maximum absolute atomic E-state index is 11.0. The summed E-state index contributed by atoms with van der Waals surface area (Å²) in [5, 5.41) is 9.95. The SMILES string of the molecule is COc1ccc(OCc2c[nH]c3cc(C(=O)O)ccc23)cc1. The molecule has 0 amide bonds. The van der Waals surface area contributed by atoms with Crippen LogP contribution in [-0.2, 0) is 6.61 Å². The molecule has 0 aliphatic carbocycles. The smallest absolute Gasteiger partial charge is 0.335 e. The molecule has 1 aromatic heterocycles. The maximum Gasteiger partial charge on any atom is 0.335 e. The third kappa shape index (κ3) is 2.74. The predicted molar refractivity (Wildman–Crippen MR) is 82.6 cm³/mol. The van der Waals surface area contributed by atoms with E-state index in [1.54, 1.807) is 25.3 Å². The van der Waals surface area contributed by atoms with Crippen molar-refractivity contribution in [1.29, 1.82) is 0 Å². The first-order valence-electron chi connectivity index (χ1n) is 6.77. The molecule has 112 valence electrons. The van der Waals surface area contributed by atoms with Crippen molar-refractivity contribution in [2.45, 2.75) is 6.61 Å². The highest BCUT2D eigenvalue weighted by Crippen LogP contribution is 2.23. The summed E-state index contributed by atoms with van der Waals surface area (Å²) in [6.07, 6.45) is 1.83. The van der Waals surface area contributed by atoms with Gasteiger partial charge in [0.15, 0.2) is 0 Å². The van der Waals surface area contributed by atoms with Gasteiger partial charge in [-0.25, -0.2) is 4.79 Å². The number of hydrogen-bond acceptors (Lipinski definition) is 3. The molecule has 0 bridgehead atoms. The first kappa shape index (κ1) is 14.0. The standard InChI is InChI=1S/C17H15NO4/c1-21-13-3-5-14(6-4-13)22-10-12-9-18-16-8-11(17(19)20)2-7-15(12)16/h2-9,18H,10H2,1H3,(H,19,20). The number of H-pyrrole nitrogens is 1. The number of carboxylic acids is 1. The summed E-state index contributed by atoms with van der Waals surface area (Å²) in [5.41, 5.74) is 2.02. The second-order valence-electron chi connectivity index (χ2n) is 4.84. The molecule has 1 heterocycles. The Bertz CT molecular complexity index is 805. The van der Waals surface area contributed by atoms with Crippen LogP contribution in [-0.4, -0.2) is 23.2 Å². The Morgan fingerprint density at radius 3 is 2.55 bits per heavy atom. The van der Waals surface area contributed by atoms with Gasteiger partial charge in [-0.2, -0.15) is 0 Å². The zero-order valence-corrected chi connectivity index (χ0v) is 12.0. The molecule has 0 saturated carbocycles. The van der Waals surface area contributed by atoms with Crippen molar-refractivity contribution < 1.29 is 19.4 Å². The number of ether oxygens (including phenoxy) is 2. The normalized spacial score (nSPS) is 10.6. The van der Waals surface area contributed by atoms with Crippen LogP contribution in [0.3, 0.4) is 0 Å². The molecule has 5 nitrogen and oxygen atoms in total. The molecule has 3 rings (SSSR count). The van der Waals surface area contributed by atoms with Crippen LogP contribution in [0.15, 0.2) is 48.7 Å². The Morgan fingerprint density at radius 2 is 1.86 bits per heavy atom. The van der Waals surface area contributed by atoms with Crippen molar-refractivity contribution in [3.05, 3.63) is 59.8 Å². The molecule has 2 N–H and O–H groups in total. The van der Waals surface area contributed by atoms with Gasteiger partial charge in [-0.15, -0.1) is 0 Å². The number of aromatic amines is 1. The topological polar surface area (TPSA) is 71.5 Å². The van der Waals surface area contributed by atoms with Crippen LogP contribution in [0.5, 0.6) is 11.5 Å². The molecule has 0 aliphatic heterocycles. The number of aromatic carboxylic acids is 1. The molecule has 0 aliphatic rings. The molecule has 2 aromatic carbocycles. The zero-order chi connectivity index (χ0) is 15.5. The van der Waals surface area contributed by atoms with E-state index in [0.29, 0.717) is 6.61 Å². The molecule has 5 heteroatoms. The number of rotatable bonds is 5. The van der Waals surface area contributed by atoms with E-state index in [9.17, 15) is 4.79 Å². The highest BCUT2D eigenvalue weighted by molar-refractivity contribution is 5.94. The Balaban J connectivity index is 1.77. The molecule has 0 fully saturated rings. The van der Waals surface area contributed by atoms with E-state index < -0.39 is 5.97 Å². The summed E-state index contributed by atoms with van der Waals surface area (Å²) in [6, 6.07) is 12.4. The van der Waals surface area contributed by atoms with Gasteiger partial charge in [-0.1, -0.05) is 6.07 Å². The van der Waals surface area contributed by atoms with E-state index in [-0.39, 0.29) is 5.56 Å². The van der Waals surface area contributed by atoms with E-state index >= 15 is 0 Å². The van der Waals surface area contributed by atoms with Gasteiger partial charge in [0, 0.05) is 22.7 Å². The largest absolute Gasteiger partial charge is 0.497 e. The van der Waals surface area contributed by atoms with Crippen molar-refractivity contribution >= 4 is 16.9 Å². The molecule has 0 radical (unpaired) electrons. The van der Waals surface area contributed by atoms with Gasteiger partial charge in [-0.05, 0) is 36.4 Å². The van der Waals surface area contributed by atoms with Crippen LogP contribution in [0.2, 0.25) is 0 Å².